The minimum atomic E-state index is 0.715. The Morgan fingerprint density at radius 2 is 1.96 bits per heavy atom. The van der Waals surface area contributed by atoms with Gasteiger partial charge in [0.1, 0.15) is 5.65 Å². The first kappa shape index (κ1) is 14.9. The zero-order valence-corrected chi connectivity index (χ0v) is 14.2. The molecule has 0 spiro atoms. The fourth-order valence-corrected chi connectivity index (χ4v) is 3.33. The molecule has 0 aliphatic carbocycles. The second-order valence-corrected chi connectivity index (χ2v) is 6.65. The van der Waals surface area contributed by atoms with Gasteiger partial charge in [-0.1, -0.05) is 30.0 Å². The van der Waals surface area contributed by atoms with E-state index in [4.69, 9.17) is 0 Å². The lowest BCUT2D eigenvalue weighted by Gasteiger charge is -2.04. The first-order valence-corrected chi connectivity index (χ1v) is 8.60. The average Bonchev–Trinajstić information content (AvgIpc) is 3.18. The lowest BCUT2D eigenvalue weighted by molar-refractivity contribution is 0.755. The number of fused-ring (bicyclic) bond motifs is 1. The second-order valence-electron chi connectivity index (χ2n) is 5.71. The molecule has 0 atom stereocenters. The van der Waals surface area contributed by atoms with Crippen LogP contribution in [0.5, 0.6) is 0 Å². The largest absolute Gasteiger partial charge is 0.307 e. The Labute approximate surface area is 143 Å². The van der Waals surface area contributed by atoms with Crippen molar-refractivity contribution in [1.29, 1.82) is 0 Å². The molecular weight excluding hydrogens is 320 g/mol. The summed E-state index contributed by atoms with van der Waals surface area (Å²) in [6.45, 7) is 4.13. The van der Waals surface area contributed by atoms with E-state index in [2.05, 4.69) is 69.4 Å². The molecule has 3 aromatic heterocycles. The molecule has 0 N–H and O–H groups in total. The van der Waals surface area contributed by atoms with Gasteiger partial charge in [0.15, 0.2) is 0 Å². The van der Waals surface area contributed by atoms with E-state index < -0.39 is 0 Å². The summed E-state index contributed by atoms with van der Waals surface area (Å²) >= 11 is 1.58. The van der Waals surface area contributed by atoms with Gasteiger partial charge in [0, 0.05) is 18.1 Å². The van der Waals surface area contributed by atoms with Crippen molar-refractivity contribution in [3.05, 3.63) is 65.6 Å². The Hall–Kier alpha value is -2.67. The Kier molecular flexibility index (Phi) is 3.78. The summed E-state index contributed by atoms with van der Waals surface area (Å²) in [6.07, 6.45) is 4.13. The molecule has 0 bridgehead atoms. The molecule has 0 saturated carbocycles. The molecule has 4 aromatic rings. The molecule has 7 heteroatoms. The number of aromatic nitrogens is 6. The van der Waals surface area contributed by atoms with E-state index in [-0.39, 0.29) is 0 Å². The molecular formula is C17H16N6S. The van der Waals surface area contributed by atoms with Crippen LogP contribution in [0.4, 0.5) is 0 Å². The normalized spacial score (nSPS) is 11.2. The Balaban J connectivity index is 1.57. The van der Waals surface area contributed by atoms with Crippen LogP contribution >= 0.6 is 11.8 Å². The third-order valence-corrected chi connectivity index (χ3v) is 4.64. The smallest absolute Gasteiger partial charge is 0.214 e. The summed E-state index contributed by atoms with van der Waals surface area (Å²) in [5.74, 6) is 0.715. The molecule has 4 rings (SSSR count). The summed E-state index contributed by atoms with van der Waals surface area (Å²) in [5.41, 5.74) is 5.31. The molecule has 0 unspecified atom stereocenters. The highest BCUT2D eigenvalue weighted by molar-refractivity contribution is 7.98. The van der Waals surface area contributed by atoms with E-state index >= 15 is 0 Å². The molecule has 3 heterocycles. The average molecular weight is 336 g/mol. The van der Waals surface area contributed by atoms with Gasteiger partial charge in [0.25, 0.3) is 0 Å². The van der Waals surface area contributed by atoms with Crippen LogP contribution < -0.4 is 0 Å². The third kappa shape index (κ3) is 2.90. The monoisotopic (exact) mass is 336 g/mol. The van der Waals surface area contributed by atoms with Crippen LogP contribution in [0, 0.1) is 13.8 Å². The molecule has 0 aliphatic rings. The van der Waals surface area contributed by atoms with Crippen molar-refractivity contribution in [2.45, 2.75) is 24.8 Å². The molecule has 0 saturated heterocycles. The molecule has 0 radical (unpaired) electrons. The van der Waals surface area contributed by atoms with E-state index in [9.17, 15) is 0 Å². The summed E-state index contributed by atoms with van der Waals surface area (Å²) in [4.78, 5) is 4.63. The fraction of sp³-hybridized carbons (Fsp3) is 0.176. The second kappa shape index (κ2) is 6.09. The summed E-state index contributed by atoms with van der Waals surface area (Å²) in [6, 6.07) is 12.2. The number of rotatable bonds is 4. The topological polar surface area (TPSA) is 60.9 Å². The quantitative estimate of drug-likeness (QED) is 0.536. The SMILES string of the molecule is Cc1cccc(-n2nnnc2SCc2cn3cc(C)ccc3n2)c1. The number of nitrogens with zero attached hydrogens (tertiary/aromatic N) is 6. The van der Waals surface area contributed by atoms with Gasteiger partial charge >= 0.3 is 0 Å². The number of hydrogen-bond donors (Lipinski definition) is 0. The molecule has 0 amide bonds. The van der Waals surface area contributed by atoms with Crippen LogP contribution in [-0.2, 0) is 5.75 Å². The molecule has 6 nitrogen and oxygen atoms in total. The van der Waals surface area contributed by atoms with Crippen molar-refractivity contribution in [3.63, 3.8) is 0 Å². The van der Waals surface area contributed by atoms with Crippen LogP contribution in [0.3, 0.4) is 0 Å². The van der Waals surface area contributed by atoms with E-state index in [1.54, 1.807) is 16.4 Å². The number of hydrogen-bond acceptors (Lipinski definition) is 5. The molecule has 0 aliphatic heterocycles. The van der Waals surface area contributed by atoms with Gasteiger partial charge in [-0.05, 0) is 53.6 Å². The maximum absolute atomic E-state index is 4.63. The molecule has 0 fully saturated rings. The number of thioether (sulfide) groups is 1. The Bertz CT molecular complexity index is 1000. The van der Waals surface area contributed by atoms with Crippen LogP contribution in [0.15, 0.2) is 53.9 Å². The fourth-order valence-electron chi connectivity index (χ4n) is 2.55. The third-order valence-electron chi connectivity index (χ3n) is 3.69. The molecule has 24 heavy (non-hydrogen) atoms. The van der Waals surface area contributed by atoms with Crippen molar-refractivity contribution in [2.75, 3.05) is 0 Å². The maximum atomic E-state index is 4.63. The van der Waals surface area contributed by atoms with Gasteiger partial charge in [-0.3, -0.25) is 0 Å². The standard InChI is InChI=1S/C17H16N6S/c1-12-4-3-5-15(8-12)23-17(19-20-21-23)24-11-14-10-22-9-13(2)6-7-16(22)18-14/h3-10H,11H2,1-2H3. The van der Waals surface area contributed by atoms with Gasteiger partial charge in [0.05, 0.1) is 11.4 Å². The zero-order chi connectivity index (χ0) is 16.5. The zero-order valence-electron chi connectivity index (χ0n) is 13.4. The van der Waals surface area contributed by atoms with Crippen LogP contribution in [0.25, 0.3) is 11.3 Å². The molecule has 1 aromatic carbocycles. The van der Waals surface area contributed by atoms with Crippen molar-refractivity contribution in [3.8, 4) is 5.69 Å². The summed E-state index contributed by atoms with van der Waals surface area (Å²) in [5, 5.41) is 12.8. The van der Waals surface area contributed by atoms with E-state index in [0.717, 1.165) is 22.2 Å². The lowest BCUT2D eigenvalue weighted by Crippen LogP contribution is -1.99. The number of imidazole rings is 1. The highest BCUT2D eigenvalue weighted by atomic mass is 32.2. The lowest BCUT2D eigenvalue weighted by atomic mass is 10.2. The van der Waals surface area contributed by atoms with E-state index in [1.165, 1.54) is 11.1 Å². The van der Waals surface area contributed by atoms with Gasteiger partial charge in [-0.25, -0.2) is 4.98 Å². The molecule has 120 valence electrons. The number of pyridine rings is 1. The highest BCUT2D eigenvalue weighted by Crippen LogP contribution is 2.22. The van der Waals surface area contributed by atoms with Crippen molar-refractivity contribution >= 4 is 17.4 Å². The van der Waals surface area contributed by atoms with Crippen LogP contribution in [-0.4, -0.2) is 29.6 Å². The minimum Gasteiger partial charge on any atom is -0.307 e. The van der Waals surface area contributed by atoms with Crippen LogP contribution in [0.1, 0.15) is 16.8 Å². The first-order chi connectivity index (χ1) is 11.7. The van der Waals surface area contributed by atoms with Crippen molar-refractivity contribution in [2.24, 2.45) is 0 Å². The summed E-state index contributed by atoms with van der Waals surface area (Å²) in [7, 11) is 0. The van der Waals surface area contributed by atoms with Crippen LogP contribution in [0.2, 0.25) is 0 Å². The number of benzene rings is 1. The van der Waals surface area contributed by atoms with Gasteiger partial charge in [-0.15, -0.1) is 5.10 Å². The van der Waals surface area contributed by atoms with Gasteiger partial charge in [-0.2, -0.15) is 4.68 Å². The van der Waals surface area contributed by atoms with Crippen molar-refractivity contribution in [1.82, 2.24) is 29.6 Å². The highest BCUT2D eigenvalue weighted by Gasteiger charge is 2.11. The number of tetrazole rings is 1. The number of aryl methyl sites for hydroxylation is 2. The van der Waals surface area contributed by atoms with E-state index in [0.29, 0.717) is 5.75 Å². The Morgan fingerprint density at radius 3 is 2.83 bits per heavy atom. The first-order valence-electron chi connectivity index (χ1n) is 7.61. The minimum absolute atomic E-state index is 0.715. The summed E-state index contributed by atoms with van der Waals surface area (Å²) < 4.78 is 3.81. The van der Waals surface area contributed by atoms with E-state index in [1.807, 2.05) is 18.2 Å². The van der Waals surface area contributed by atoms with Gasteiger partial charge in [0.2, 0.25) is 5.16 Å². The maximum Gasteiger partial charge on any atom is 0.214 e. The predicted molar refractivity (Wildman–Crippen MR) is 93.4 cm³/mol. The van der Waals surface area contributed by atoms with Gasteiger partial charge < -0.3 is 4.40 Å². The Morgan fingerprint density at radius 1 is 1.04 bits per heavy atom. The predicted octanol–water partition coefficient (Wildman–Crippen LogP) is 3.22. The van der Waals surface area contributed by atoms with Crippen molar-refractivity contribution < 1.29 is 0 Å².